The molecule has 0 saturated heterocycles. The largest absolute Gasteiger partial charge is 0.481 e. The third kappa shape index (κ3) is 5.13. The van der Waals surface area contributed by atoms with Crippen LogP contribution < -0.4 is 18.9 Å². The summed E-state index contributed by atoms with van der Waals surface area (Å²) in [6, 6.07) is 5.27. The van der Waals surface area contributed by atoms with Crippen LogP contribution in [0.1, 0.15) is 19.8 Å². The molecule has 0 aliphatic carbocycles. The Morgan fingerprint density at radius 1 is 1.27 bits per heavy atom. The van der Waals surface area contributed by atoms with Crippen LogP contribution in [0.5, 0.6) is 17.2 Å². The maximum Gasteiger partial charge on any atom is 0.231 e. The summed E-state index contributed by atoms with van der Waals surface area (Å²) in [5.41, 5.74) is 0. The van der Waals surface area contributed by atoms with Gasteiger partial charge in [-0.1, -0.05) is 25.2 Å². The van der Waals surface area contributed by atoms with Gasteiger partial charge in [-0.15, -0.1) is 0 Å². The van der Waals surface area contributed by atoms with E-state index in [9.17, 15) is 8.42 Å². The number of sulfonamides is 1. The SMILES string of the molecule is CCCCS(=O)(=O)NCC#CCOc1ccc2c(c1)OCO2. The lowest BCUT2D eigenvalue weighted by Crippen LogP contribution is -2.26. The van der Waals surface area contributed by atoms with Gasteiger partial charge in [0.05, 0.1) is 12.3 Å². The molecule has 2 rings (SSSR count). The Morgan fingerprint density at radius 3 is 2.91 bits per heavy atom. The van der Waals surface area contributed by atoms with Gasteiger partial charge in [0, 0.05) is 6.07 Å². The molecule has 22 heavy (non-hydrogen) atoms. The molecule has 0 spiro atoms. The van der Waals surface area contributed by atoms with Crippen molar-refractivity contribution >= 4 is 10.0 Å². The Bertz CT molecular complexity index is 660. The summed E-state index contributed by atoms with van der Waals surface area (Å²) in [5.74, 6) is 7.58. The Balaban J connectivity index is 1.71. The van der Waals surface area contributed by atoms with Crippen LogP contribution >= 0.6 is 0 Å². The molecule has 0 amide bonds. The smallest absolute Gasteiger partial charge is 0.231 e. The second-order valence-corrected chi connectivity index (χ2v) is 6.58. The van der Waals surface area contributed by atoms with E-state index in [-0.39, 0.29) is 25.7 Å². The zero-order valence-corrected chi connectivity index (χ0v) is 13.2. The number of fused-ring (bicyclic) bond motifs is 1. The molecule has 7 heteroatoms. The molecule has 0 fully saturated rings. The van der Waals surface area contributed by atoms with Gasteiger partial charge < -0.3 is 14.2 Å². The first-order valence-electron chi connectivity index (χ1n) is 7.06. The molecule has 0 bridgehead atoms. The first kappa shape index (κ1) is 16.5. The molecule has 1 aliphatic heterocycles. The summed E-state index contributed by atoms with van der Waals surface area (Å²) in [5, 5.41) is 0. The van der Waals surface area contributed by atoms with Crippen molar-refractivity contribution in [3.05, 3.63) is 18.2 Å². The van der Waals surface area contributed by atoms with E-state index < -0.39 is 10.0 Å². The molecule has 1 N–H and O–H groups in total. The van der Waals surface area contributed by atoms with E-state index in [4.69, 9.17) is 14.2 Å². The highest BCUT2D eigenvalue weighted by Crippen LogP contribution is 2.34. The minimum atomic E-state index is -3.21. The van der Waals surface area contributed by atoms with E-state index in [1.807, 2.05) is 6.92 Å². The van der Waals surface area contributed by atoms with Crippen molar-refractivity contribution in [2.45, 2.75) is 19.8 Å². The number of hydrogen-bond acceptors (Lipinski definition) is 5. The molecule has 0 radical (unpaired) electrons. The molecule has 6 nitrogen and oxygen atoms in total. The first-order valence-corrected chi connectivity index (χ1v) is 8.71. The maximum atomic E-state index is 11.5. The molecule has 0 atom stereocenters. The average molecular weight is 325 g/mol. The van der Waals surface area contributed by atoms with E-state index in [2.05, 4.69) is 16.6 Å². The summed E-state index contributed by atoms with van der Waals surface area (Å²) in [7, 11) is -3.21. The number of rotatable bonds is 7. The first-order chi connectivity index (χ1) is 10.6. The van der Waals surface area contributed by atoms with Crippen molar-refractivity contribution in [3.8, 4) is 29.1 Å². The van der Waals surface area contributed by atoms with Gasteiger partial charge in [0.25, 0.3) is 0 Å². The summed E-state index contributed by atoms with van der Waals surface area (Å²) in [4.78, 5) is 0. The van der Waals surface area contributed by atoms with Gasteiger partial charge in [-0.3, -0.25) is 0 Å². The van der Waals surface area contributed by atoms with Crippen LogP contribution in [0.25, 0.3) is 0 Å². The number of nitrogens with one attached hydrogen (secondary N) is 1. The van der Waals surface area contributed by atoms with E-state index >= 15 is 0 Å². The van der Waals surface area contributed by atoms with Gasteiger partial charge in [0.1, 0.15) is 12.4 Å². The Kier molecular flexibility index (Phi) is 5.92. The highest BCUT2D eigenvalue weighted by atomic mass is 32.2. The minimum absolute atomic E-state index is 0.0938. The molecular formula is C15H19NO5S. The standard InChI is InChI=1S/C15H19NO5S/c1-2-3-10-22(17,18)16-8-4-5-9-19-13-6-7-14-15(11-13)21-12-20-14/h6-7,11,16H,2-3,8-10,12H2,1H3. The van der Waals surface area contributed by atoms with Crippen LogP contribution in [-0.2, 0) is 10.0 Å². The lowest BCUT2D eigenvalue weighted by atomic mass is 10.3. The molecule has 0 unspecified atom stereocenters. The molecule has 0 aromatic heterocycles. The summed E-state index contributed by atoms with van der Waals surface area (Å²) in [6.07, 6.45) is 1.49. The van der Waals surface area contributed by atoms with Gasteiger partial charge in [0.2, 0.25) is 16.8 Å². The van der Waals surface area contributed by atoms with Crippen LogP contribution in [0.3, 0.4) is 0 Å². The lowest BCUT2D eigenvalue weighted by Gasteiger charge is -2.03. The normalized spacial score (nSPS) is 12.6. The van der Waals surface area contributed by atoms with E-state index in [0.29, 0.717) is 23.7 Å². The molecular weight excluding hydrogens is 306 g/mol. The third-order valence-electron chi connectivity index (χ3n) is 2.93. The Hall–Kier alpha value is -1.91. The predicted molar refractivity (Wildman–Crippen MR) is 82.5 cm³/mol. The number of ether oxygens (including phenoxy) is 3. The van der Waals surface area contributed by atoms with Crippen LogP contribution in [0.2, 0.25) is 0 Å². The van der Waals surface area contributed by atoms with E-state index in [0.717, 1.165) is 6.42 Å². The number of unbranched alkanes of at least 4 members (excludes halogenated alkanes) is 1. The topological polar surface area (TPSA) is 73.9 Å². The van der Waals surface area contributed by atoms with E-state index in [1.54, 1.807) is 18.2 Å². The van der Waals surface area contributed by atoms with Crippen LogP contribution in [0.4, 0.5) is 0 Å². The fraction of sp³-hybridized carbons (Fsp3) is 0.467. The van der Waals surface area contributed by atoms with Gasteiger partial charge in [-0.2, -0.15) is 0 Å². The van der Waals surface area contributed by atoms with Gasteiger partial charge in [-0.25, -0.2) is 13.1 Å². The minimum Gasteiger partial charge on any atom is -0.481 e. The number of hydrogen-bond donors (Lipinski definition) is 1. The molecule has 0 saturated carbocycles. The molecule has 1 heterocycles. The molecule has 120 valence electrons. The van der Waals surface area contributed by atoms with Crippen LogP contribution in [0.15, 0.2) is 18.2 Å². The highest BCUT2D eigenvalue weighted by molar-refractivity contribution is 7.89. The van der Waals surface area contributed by atoms with Crippen molar-refractivity contribution in [1.29, 1.82) is 0 Å². The Labute approximate surface area is 130 Å². The molecule has 1 aromatic carbocycles. The van der Waals surface area contributed by atoms with Crippen molar-refractivity contribution in [1.82, 2.24) is 4.72 Å². The van der Waals surface area contributed by atoms with Crippen molar-refractivity contribution in [2.24, 2.45) is 0 Å². The Morgan fingerprint density at radius 2 is 2.09 bits per heavy atom. The summed E-state index contributed by atoms with van der Waals surface area (Å²) in [6.45, 7) is 2.44. The second kappa shape index (κ2) is 7.92. The fourth-order valence-electron chi connectivity index (χ4n) is 1.75. The average Bonchev–Trinajstić information content (AvgIpc) is 2.96. The lowest BCUT2D eigenvalue weighted by molar-refractivity contribution is 0.174. The fourth-order valence-corrected chi connectivity index (χ4v) is 2.86. The van der Waals surface area contributed by atoms with Crippen molar-refractivity contribution in [3.63, 3.8) is 0 Å². The second-order valence-electron chi connectivity index (χ2n) is 4.65. The zero-order valence-electron chi connectivity index (χ0n) is 12.4. The maximum absolute atomic E-state index is 11.5. The monoisotopic (exact) mass is 325 g/mol. The van der Waals surface area contributed by atoms with Crippen LogP contribution in [0, 0.1) is 11.8 Å². The van der Waals surface area contributed by atoms with Crippen LogP contribution in [-0.4, -0.2) is 34.1 Å². The molecule has 1 aromatic rings. The zero-order chi connectivity index (χ0) is 15.8. The quantitative estimate of drug-likeness (QED) is 0.769. The number of benzene rings is 1. The third-order valence-corrected chi connectivity index (χ3v) is 4.34. The van der Waals surface area contributed by atoms with Gasteiger partial charge in [0.15, 0.2) is 11.5 Å². The summed E-state index contributed by atoms with van der Waals surface area (Å²) >= 11 is 0. The van der Waals surface area contributed by atoms with Gasteiger partial charge in [-0.05, 0) is 18.6 Å². The van der Waals surface area contributed by atoms with Gasteiger partial charge >= 0.3 is 0 Å². The summed E-state index contributed by atoms with van der Waals surface area (Å²) < 4.78 is 41.3. The van der Waals surface area contributed by atoms with E-state index in [1.165, 1.54) is 0 Å². The van der Waals surface area contributed by atoms with Crippen molar-refractivity contribution in [2.75, 3.05) is 25.7 Å². The molecule has 1 aliphatic rings. The highest BCUT2D eigenvalue weighted by Gasteiger charge is 2.13. The predicted octanol–water partition coefficient (Wildman–Crippen LogP) is 1.52. The van der Waals surface area contributed by atoms with Crippen molar-refractivity contribution < 1.29 is 22.6 Å².